The molecule has 1 atom stereocenters. The average Bonchev–Trinajstić information content (AvgIpc) is 2.75. The summed E-state index contributed by atoms with van der Waals surface area (Å²) in [5.41, 5.74) is 8.51. The van der Waals surface area contributed by atoms with Crippen molar-refractivity contribution in [2.24, 2.45) is 5.73 Å². The van der Waals surface area contributed by atoms with Crippen molar-refractivity contribution < 1.29 is 4.74 Å². The monoisotopic (exact) mass is 248 g/mol. The van der Waals surface area contributed by atoms with Crippen molar-refractivity contribution >= 4 is 11.3 Å². The van der Waals surface area contributed by atoms with Gasteiger partial charge in [0.25, 0.3) is 0 Å². The van der Waals surface area contributed by atoms with Gasteiger partial charge in [-0.15, -0.1) is 11.3 Å². The SMILES string of the molecule is COc1ccc(C(N)c2cnc(C)s2)c(C)c1. The molecular weight excluding hydrogens is 232 g/mol. The average molecular weight is 248 g/mol. The van der Waals surface area contributed by atoms with Gasteiger partial charge in [0.05, 0.1) is 18.2 Å². The van der Waals surface area contributed by atoms with Gasteiger partial charge in [-0.2, -0.15) is 0 Å². The highest BCUT2D eigenvalue weighted by atomic mass is 32.1. The lowest BCUT2D eigenvalue weighted by atomic mass is 10.0. The Labute approximate surface area is 105 Å². The molecule has 0 aliphatic rings. The fraction of sp³-hybridized carbons (Fsp3) is 0.308. The maximum Gasteiger partial charge on any atom is 0.119 e. The smallest absolute Gasteiger partial charge is 0.119 e. The zero-order valence-corrected chi connectivity index (χ0v) is 11.0. The van der Waals surface area contributed by atoms with Crippen molar-refractivity contribution in [1.29, 1.82) is 0 Å². The number of aryl methyl sites for hydroxylation is 2. The summed E-state index contributed by atoms with van der Waals surface area (Å²) in [6.45, 7) is 4.04. The maximum absolute atomic E-state index is 6.25. The number of nitrogens with zero attached hydrogens (tertiary/aromatic N) is 1. The van der Waals surface area contributed by atoms with Crippen LogP contribution < -0.4 is 10.5 Å². The predicted octanol–water partition coefficient (Wildman–Crippen LogP) is 2.82. The number of methoxy groups -OCH3 is 1. The van der Waals surface area contributed by atoms with Crippen LogP contribution in [-0.2, 0) is 0 Å². The number of benzene rings is 1. The van der Waals surface area contributed by atoms with Crippen LogP contribution in [0.4, 0.5) is 0 Å². The third-order valence-corrected chi connectivity index (χ3v) is 3.75. The molecule has 1 heterocycles. The van der Waals surface area contributed by atoms with E-state index in [1.807, 2.05) is 38.2 Å². The van der Waals surface area contributed by atoms with Crippen LogP contribution in [0.2, 0.25) is 0 Å². The maximum atomic E-state index is 6.25. The summed E-state index contributed by atoms with van der Waals surface area (Å²) in [4.78, 5) is 5.33. The molecule has 0 aliphatic carbocycles. The third kappa shape index (κ3) is 2.48. The molecule has 0 amide bonds. The second-order valence-corrected chi connectivity index (χ2v) is 5.25. The first-order valence-electron chi connectivity index (χ1n) is 5.44. The first kappa shape index (κ1) is 12.1. The predicted molar refractivity (Wildman–Crippen MR) is 70.6 cm³/mol. The number of ether oxygens (including phenoxy) is 1. The van der Waals surface area contributed by atoms with Gasteiger partial charge < -0.3 is 10.5 Å². The minimum atomic E-state index is -0.105. The molecule has 2 N–H and O–H groups in total. The zero-order valence-electron chi connectivity index (χ0n) is 10.2. The molecule has 1 aromatic heterocycles. The molecule has 90 valence electrons. The second-order valence-electron chi connectivity index (χ2n) is 3.98. The Morgan fingerprint density at radius 1 is 1.35 bits per heavy atom. The fourth-order valence-electron chi connectivity index (χ4n) is 1.80. The summed E-state index contributed by atoms with van der Waals surface area (Å²) in [5, 5.41) is 1.04. The van der Waals surface area contributed by atoms with Crippen LogP contribution in [0.1, 0.15) is 27.1 Å². The van der Waals surface area contributed by atoms with E-state index in [-0.39, 0.29) is 6.04 Å². The minimum absolute atomic E-state index is 0.105. The van der Waals surface area contributed by atoms with Gasteiger partial charge in [0.1, 0.15) is 5.75 Å². The molecule has 0 saturated carbocycles. The minimum Gasteiger partial charge on any atom is -0.497 e. The Balaban J connectivity index is 2.34. The summed E-state index contributed by atoms with van der Waals surface area (Å²) in [7, 11) is 1.67. The lowest BCUT2D eigenvalue weighted by molar-refractivity contribution is 0.414. The first-order valence-corrected chi connectivity index (χ1v) is 6.26. The number of thiazole rings is 1. The molecule has 0 aliphatic heterocycles. The zero-order chi connectivity index (χ0) is 12.4. The summed E-state index contributed by atoms with van der Waals surface area (Å²) < 4.78 is 5.19. The second kappa shape index (κ2) is 4.85. The Kier molecular flexibility index (Phi) is 3.45. The fourth-order valence-corrected chi connectivity index (χ4v) is 2.60. The molecule has 4 heteroatoms. The number of hydrogen-bond donors (Lipinski definition) is 1. The van der Waals surface area contributed by atoms with E-state index in [0.717, 1.165) is 26.8 Å². The summed E-state index contributed by atoms with van der Waals surface area (Å²) in [6, 6.07) is 5.86. The van der Waals surface area contributed by atoms with Gasteiger partial charge in [-0.05, 0) is 37.1 Å². The highest BCUT2D eigenvalue weighted by Crippen LogP contribution is 2.28. The topological polar surface area (TPSA) is 48.1 Å². The highest BCUT2D eigenvalue weighted by molar-refractivity contribution is 7.11. The van der Waals surface area contributed by atoms with E-state index in [4.69, 9.17) is 10.5 Å². The van der Waals surface area contributed by atoms with Gasteiger partial charge in [-0.1, -0.05) is 6.07 Å². The Morgan fingerprint density at radius 2 is 2.12 bits per heavy atom. The van der Waals surface area contributed by atoms with E-state index in [1.165, 1.54) is 0 Å². The van der Waals surface area contributed by atoms with Crippen molar-refractivity contribution in [3.05, 3.63) is 45.4 Å². The van der Waals surface area contributed by atoms with Crippen molar-refractivity contribution in [2.75, 3.05) is 7.11 Å². The van der Waals surface area contributed by atoms with E-state index in [0.29, 0.717) is 0 Å². The van der Waals surface area contributed by atoms with Gasteiger partial charge in [-0.3, -0.25) is 0 Å². The standard InChI is InChI=1S/C13H16N2OS/c1-8-6-10(16-3)4-5-11(8)13(14)12-7-15-9(2)17-12/h4-7,13H,14H2,1-3H3. The van der Waals surface area contributed by atoms with Crippen molar-refractivity contribution in [3.63, 3.8) is 0 Å². The molecule has 2 aromatic rings. The quantitative estimate of drug-likeness (QED) is 0.908. The van der Waals surface area contributed by atoms with Gasteiger partial charge in [0, 0.05) is 11.1 Å². The van der Waals surface area contributed by atoms with E-state index >= 15 is 0 Å². The van der Waals surface area contributed by atoms with Crippen LogP contribution in [0.3, 0.4) is 0 Å². The van der Waals surface area contributed by atoms with Crippen molar-refractivity contribution in [3.8, 4) is 5.75 Å². The third-order valence-electron chi connectivity index (χ3n) is 2.76. The summed E-state index contributed by atoms with van der Waals surface area (Å²) in [5.74, 6) is 0.860. The first-order chi connectivity index (χ1) is 8.11. The number of hydrogen-bond acceptors (Lipinski definition) is 4. The lowest BCUT2D eigenvalue weighted by Crippen LogP contribution is -2.11. The highest BCUT2D eigenvalue weighted by Gasteiger charge is 2.14. The number of nitrogens with two attached hydrogens (primary N) is 1. The van der Waals surface area contributed by atoms with Crippen molar-refractivity contribution in [1.82, 2.24) is 4.98 Å². The van der Waals surface area contributed by atoms with Crippen LogP contribution in [0.25, 0.3) is 0 Å². The van der Waals surface area contributed by atoms with Crippen LogP contribution >= 0.6 is 11.3 Å². The van der Waals surface area contributed by atoms with E-state index in [1.54, 1.807) is 18.4 Å². The van der Waals surface area contributed by atoms with Gasteiger partial charge in [0.2, 0.25) is 0 Å². The van der Waals surface area contributed by atoms with Gasteiger partial charge in [-0.25, -0.2) is 4.98 Å². The molecular formula is C13H16N2OS. The van der Waals surface area contributed by atoms with Crippen LogP contribution in [0.15, 0.2) is 24.4 Å². The summed E-state index contributed by atoms with van der Waals surface area (Å²) >= 11 is 1.64. The lowest BCUT2D eigenvalue weighted by Gasteiger charge is -2.13. The Morgan fingerprint density at radius 3 is 2.65 bits per heavy atom. The van der Waals surface area contributed by atoms with Crippen LogP contribution in [0, 0.1) is 13.8 Å². The van der Waals surface area contributed by atoms with Crippen LogP contribution in [-0.4, -0.2) is 12.1 Å². The molecule has 3 nitrogen and oxygen atoms in total. The van der Waals surface area contributed by atoms with E-state index < -0.39 is 0 Å². The van der Waals surface area contributed by atoms with Crippen molar-refractivity contribution in [2.45, 2.75) is 19.9 Å². The molecule has 2 rings (SSSR count). The largest absolute Gasteiger partial charge is 0.497 e. The molecule has 0 saturated heterocycles. The van der Waals surface area contributed by atoms with E-state index in [2.05, 4.69) is 4.98 Å². The number of aromatic nitrogens is 1. The number of rotatable bonds is 3. The Hall–Kier alpha value is -1.39. The molecule has 0 spiro atoms. The molecule has 1 unspecified atom stereocenters. The Bertz CT molecular complexity index is 522. The molecule has 0 fully saturated rings. The van der Waals surface area contributed by atoms with E-state index in [9.17, 15) is 0 Å². The molecule has 1 aromatic carbocycles. The molecule has 17 heavy (non-hydrogen) atoms. The molecule has 0 bridgehead atoms. The summed E-state index contributed by atoms with van der Waals surface area (Å²) in [6.07, 6.45) is 1.86. The normalized spacial score (nSPS) is 12.5. The van der Waals surface area contributed by atoms with Crippen LogP contribution in [0.5, 0.6) is 5.75 Å². The van der Waals surface area contributed by atoms with Gasteiger partial charge in [0.15, 0.2) is 0 Å². The molecule has 0 radical (unpaired) electrons. The van der Waals surface area contributed by atoms with Gasteiger partial charge >= 0.3 is 0 Å².